The quantitative estimate of drug-likeness (QED) is 0.429. The number of ether oxygens (including phenoxy) is 2. The summed E-state index contributed by atoms with van der Waals surface area (Å²) in [5, 5.41) is 3.49. The van der Waals surface area contributed by atoms with Gasteiger partial charge in [-0.25, -0.2) is 0 Å². The third-order valence-electron chi connectivity index (χ3n) is 4.83. The van der Waals surface area contributed by atoms with Gasteiger partial charge in [-0.15, -0.1) is 24.0 Å². The highest BCUT2D eigenvalue weighted by Gasteiger charge is 2.42. The minimum atomic E-state index is 0. The van der Waals surface area contributed by atoms with Crippen LogP contribution in [0.2, 0.25) is 0 Å². The predicted molar refractivity (Wildman–Crippen MR) is 101 cm³/mol. The minimum Gasteiger partial charge on any atom is -0.381 e. The molecule has 0 aromatic heterocycles. The molecule has 2 aliphatic heterocycles. The van der Waals surface area contributed by atoms with Gasteiger partial charge in [-0.05, 0) is 18.3 Å². The van der Waals surface area contributed by atoms with E-state index in [4.69, 9.17) is 9.47 Å². The normalized spacial score (nSPS) is 27.1. The van der Waals surface area contributed by atoms with E-state index in [0.717, 1.165) is 38.8 Å². The molecule has 1 N–H and O–H groups in total. The number of hydrogen-bond acceptors (Lipinski definition) is 3. The van der Waals surface area contributed by atoms with Crippen LogP contribution in [0.25, 0.3) is 0 Å². The van der Waals surface area contributed by atoms with Crippen LogP contribution in [0, 0.1) is 10.8 Å². The van der Waals surface area contributed by atoms with Crippen LogP contribution in [0.3, 0.4) is 0 Å². The number of methoxy groups -OCH3 is 1. The fourth-order valence-electron chi connectivity index (χ4n) is 3.35. The monoisotopic (exact) mass is 425 g/mol. The largest absolute Gasteiger partial charge is 0.381 e. The van der Waals surface area contributed by atoms with E-state index in [1.165, 1.54) is 12.8 Å². The van der Waals surface area contributed by atoms with Gasteiger partial charge in [0, 0.05) is 45.8 Å². The Kier molecular flexibility index (Phi) is 7.39. The van der Waals surface area contributed by atoms with E-state index in [1.807, 2.05) is 7.05 Å². The third kappa shape index (κ3) is 4.71. The van der Waals surface area contributed by atoms with E-state index in [2.05, 4.69) is 36.0 Å². The number of halogens is 1. The summed E-state index contributed by atoms with van der Waals surface area (Å²) in [6, 6.07) is 0. The average molecular weight is 425 g/mol. The summed E-state index contributed by atoms with van der Waals surface area (Å²) in [6.07, 6.45) is 2.56. The van der Waals surface area contributed by atoms with Crippen LogP contribution in [-0.4, -0.2) is 64.0 Å². The molecule has 6 heteroatoms. The van der Waals surface area contributed by atoms with Crippen LogP contribution in [0.4, 0.5) is 0 Å². The molecule has 2 atom stereocenters. The Hall–Kier alpha value is -0.0800. The number of rotatable bonds is 3. The lowest BCUT2D eigenvalue weighted by atomic mass is 9.87. The van der Waals surface area contributed by atoms with Gasteiger partial charge in [0.15, 0.2) is 5.96 Å². The van der Waals surface area contributed by atoms with Crippen LogP contribution < -0.4 is 5.32 Å². The number of nitrogens with one attached hydrogen (secondary N) is 1. The summed E-state index contributed by atoms with van der Waals surface area (Å²) < 4.78 is 11.2. The second-order valence-corrected chi connectivity index (χ2v) is 7.49. The Morgan fingerprint density at radius 1 is 1.41 bits per heavy atom. The van der Waals surface area contributed by atoms with Crippen LogP contribution in [-0.2, 0) is 9.47 Å². The zero-order chi connectivity index (χ0) is 15.5. The summed E-state index contributed by atoms with van der Waals surface area (Å²) in [7, 11) is 3.64. The van der Waals surface area contributed by atoms with Crippen molar-refractivity contribution in [2.75, 3.05) is 47.0 Å². The molecule has 130 valence electrons. The topological polar surface area (TPSA) is 46.1 Å². The van der Waals surface area contributed by atoms with Crippen molar-refractivity contribution in [1.29, 1.82) is 0 Å². The first-order valence-electron chi connectivity index (χ1n) is 7.96. The first-order chi connectivity index (χ1) is 9.90. The first kappa shape index (κ1) is 20.0. The molecule has 0 aliphatic carbocycles. The lowest BCUT2D eigenvalue weighted by Crippen LogP contribution is -2.47. The predicted octanol–water partition coefficient (Wildman–Crippen LogP) is 2.35. The molecule has 0 amide bonds. The van der Waals surface area contributed by atoms with Crippen molar-refractivity contribution < 1.29 is 9.47 Å². The van der Waals surface area contributed by atoms with Crippen molar-refractivity contribution in [3.8, 4) is 0 Å². The molecule has 0 aromatic rings. The van der Waals surface area contributed by atoms with Crippen molar-refractivity contribution in [2.24, 2.45) is 15.8 Å². The summed E-state index contributed by atoms with van der Waals surface area (Å²) in [5.74, 6) is 0.991. The Balaban J connectivity index is 0.00000242. The van der Waals surface area contributed by atoms with Gasteiger partial charge in [-0.2, -0.15) is 0 Å². The van der Waals surface area contributed by atoms with E-state index in [9.17, 15) is 0 Å². The molecule has 2 heterocycles. The van der Waals surface area contributed by atoms with Crippen molar-refractivity contribution in [3.05, 3.63) is 0 Å². The summed E-state index contributed by atoms with van der Waals surface area (Å²) in [4.78, 5) is 6.81. The summed E-state index contributed by atoms with van der Waals surface area (Å²) in [6.45, 7) is 11.3. The van der Waals surface area contributed by atoms with Gasteiger partial charge in [-0.3, -0.25) is 4.99 Å². The minimum absolute atomic E-state index is 0. The molecule has 0 bridgehead atoms. The smallest absolute Gasteiger partial charge is 0.193 e. The maximum absolute atomic E-state index is 5.61. The van der Waals surface area contributed by atoms with Gasteiger partial charge in [0.2, 0.25) is 0 Å². The molecule has 0 radical (unpaired) electrons. The van der Waals surface area contributed by atoms with Gasteiger partial charge < -0.3 is 19.7 Å². The average Bonchev–Trinajstić information content (AvgIpc) is 3.04. The maximum atomic E-state index is 5.61. The SMILES string of the molecule is CN=C(NCC(OC)C(C)(C)C)N1CCC2(CCOC2)C1.I. The molecular weight excluding hydrogens is 393 g/mol. The van der Waals surface area contributed by atoms with E-state index in [-0.39, 0.29) is 35.5 Å². The molecule has 1 spiro atoms. The molecule has 2 saturated heterocycles. The Bertz CT molecular complexity index is 376. The fourth-order valence-corrected chi connectivity index (χ4v) is 3.35. The molecule has 2 aliphatic rings. The molecule has 2 unspecified atom stereocenters. The summed E-state index contributed by atoms with van der Waals surface area (Å²) in [5.41, 5.74) is 0.481. The number of likely N-dealkylation sites (tertiary alicyclic amines) is 1. The van der Waals surface area contributed by atoms with Gasteiger partial charge in [0.1, 0.15) is 0 Å². The van der Waals surface area contributed by atoms with Crippen molar-refractivity contribution in [1.82, 2.24) is 10.2 Å². The molecule has 0 aromatic carbocycles. The number of nitrogens with zero attached hydrogens (tertiary/aromatic N) is 2. The number of hydrogen-bond donors (Lipinski definition) is 1. The van der Waals surface area contributed by atoms with Crippen molar-refractivity contribution in [3.63, 3.8) is 0 Å². The zero-order valence-electron chi connectivity index (χ0n) is 14.6. The standard InChI is InChI=1S/C16H31N3O2.HI/c1-15(2,3)13(20-5)10-18-14(17-4)19-8-6-16(11-19)7-9-21-12-16;/h13H,6-12H2,1-5H3,(H,17,18);1H. The lowest BCUT2D eigenvalue weighted by Gasteiger charge is -2.31. The van der Waals surface area contributed by atoms with Gasteiger partial charge in [-0.1, -0.05) is 20.8 Å². The van der Waals surface area contributed by atoms with Crippen LogP contribution in [0.15, 0.2) is 4.99 Å². The maximum Gasteiger partial charge on any atom is 0.193 e. The number of guanidine groups is 1. The molecule has 22 heavy (non-hydrogen) atoms. The van der Waals surface area contributed by atoms with Crippen LogP contribution >= 0.6 is 24.0 Å². The van der Waals surface area contributed by atoms with E-state index in [0.29, 0.717) is 5.41 Å². The van der Waals surface area contributed by atoms with Gasteiger partial charge >= 0.3 is 0 Å². The Morgan fingerprint density at radius 3 is 2.64 bits per heavy atom. The number of aliphatic imine (C=N–C) groups is 1. The lowest BCUT2D eigenvalue weighted by molar-refractivity contribution is 0.0201. The molecule has 0 saturated carbocycles. The summed E-state index contributed by atoms with van der Waals surface area (Å²) >= 11 is 0. The second kappa shape index (κ2) is 8.15. The third-order valence-corrected chi connectivity index (χ3v) is 4.83. The highest BCUT2D eigenvalue weighted by atomic mass is 127. The second-order valence-electron chi connectivity index (χ2n) is 7.49. The zero-order valence-corrected chi connectivity index (χ0v) is 17.0. The van der Waals surface area contributed by atoms with E-state index in [1.54, 1.807) is 7.11 Å². The van der Waals surface area contributed by atoms with Crippen molar-refractivity contribution >= 4 is 29.9 Å². The van der Waals surface area contributed by atoms with Crippen LogP contribution in [0.5, 0.6) is 0 Å². The van der Waals surface area contributed by atoms with Crippen molar-refractivity contribution in [2.45, 2.75) is 39.7 Å². The van der Waals surface area contributed by atoms with E-state index < -0.39 is 0 Å². The highest BCUT2D eigenvalue weighted by Crippen LogP contribution is 2.38. The van der Waals surface area contributed by atoms with E-state index >= 15 is 0 Å². The first-order valence-corrected chi connectivity index (χ1v) is 7.96. The molecule has 5 nitrogen and oxygen atoms in total. The highest BCUT2D eigenvalue weighted by molar-refractivity contribution is 14.0. The van der Waals surface area contributed by atoms with Gasteiger partial charge in [0.05, 0.1) is 12.7 Å². The van der Waals surface area contributed by atoms with Crippen LogP contribution in [0.1, 0.15) is 33.6 Å². The molecule has 2 rings (SSSR count). The fraction of sp³-hybridized carbons (Fsp3) is 0.938. The molecular formula is C16H32IN3O2. The Morgan fingerprint density at radius 2 is 2.14 bits per heavy atom. The molecule has 2 fully saturated rings. The Labute approximate surface area is 152 Å². The van der Waals surface area contributed by atoms with Gasteiger partial charge in [0.25, 0.3) is 0 Å².